The Hall–Kier alpha value is -1.88. The SMILES string of the molecule is CN(CCC#N)Cc1ccc(C#CCO)cc1F. The molecule has 0 aliphatic heterocycles. The van der Waals surface area contributed by atoms with Crippen LogP contribution in [-0.4, -0.2) is 30.2 Å². The van der Waals surface area contributed by atoms with Crippen molar-refractivity contribution >= 4 is 0 Å². The molecule has 0 radical (unpaired) electrons. The Bertz CT molecular complexity index is 497. The Kier molecular flexibility index (Phi) is 5.87. The van der Waals surface area contributed by atoms with Gasteiger partial charge in [0.25, 0.3) is 0 Å². The zero-order valence-corrected chi connectivity index (χ0v) is 10.3. The molecule has 0 atom stereocenters. The van der Waals surface area contributed by atoms with Crippen LogP contribution in [-0.2, 0) is 6.54 Å². The lowest BCUT2D eigenvalue weighted by Gasteiger charge is -2.15. The quantitative estimate of drug-likeness (QED) is 0.819. The van der Waals surface area contributed by atoms with Crippen LogP contribution in [0.15, 0.2) is 18.2 Å². The standard InChI is InChI=1S/C14H15FN2O/c1-17(8-3-7-16)11-13-6-5-12(4-2-9-18)10-14(13)15/h5-6,10,18H,3,8-9,11H2,1H3. The third kappa shape index (κ3) is 4.55. The molecule has 0 bridgehead atoms. The third-order valence-electron chi connectivity index (χ3n) is 2.41. The van der Waals surface area contributed by atoms with E-state index in [1.54, 1.807) is 12.1 Å². The predicted molar refractivity (Wildman–Crippen MR) is 66.9 cm³/mol. The van der Waals surface area contributed by atoms with Crippen molar-refractivity contribution in [2.24, 2.45) is 0 Å². The van der Waals surface area contributed by atoms with E-state index in [0.29, 0.717) is 30.6 Å². The largest absolute Gasteiger partial charge is 0.384 e. The molecule has 0 aromatic heterocycles. The van der Waals surface area contributed by atoms with E-state index in [-0.39, 0.29) is 12.4 Å². The minimum absolute atomic E-state index is 0.236. The van der Waals surface area contributed by atoms with Crippen molar-refractivity contribution in [2.45, 2.75) is 13.0 Å². The average Bonchev–Trinajstić information content (AvgIpc) is 2.36. The van der Waals surface area contributed by atoms with Crippen LogP contribution < -0.4 is 0 Å². The van der Waals surface area contributed by atoms with Gasteiger partial charge in [0.1, 0.15) is 12.4 Å². The van der Waals surface area contributed by atoms with Gasteiger partial charge in [0, 0.05) is 30.6 Å². The molecule has 18 heavy (non-hydrogen) atoms. The fraction of sp³-hybridized carbons (Fsp3) is 0.357. The van der Waals surface area contributed by atoms with Crippen LogP contribution in [0.2, 0.25) is 0 Å². The van der Waals surface area contributed by atoms with E-state index >= 15 is 0 Å². The maximum Gasteiger partial charge on any atom is 0.128 e. The number of halogens is 1. The summed E-state index contributed by atoms with van der Waals surface area (Å²) in [5.41, 5.74) is 1.12. The van der Waals surface area contributed by atoms with Crippen LogP contribution in [0.1, 0.15) is 17.5 Å². The highest BCUT2D eigenvalue weighted by atomic mass is 19.1. The first-order chi connectivity index (χ1) is 8.67. The molecule has 0 aliphatic carbocycles. The van der Waals surface area contributed by atoms with E-state index in [2.05, 4.69) is 17.9 Å². The summed E-state index contributed by atoms with van der Waals surface area (Å²) < 4.78 is 13.7. The summed E-state index contributed by atoms with van der Waals surface area (Å²) in [5, 5.41) is 17.0. The summed E-state index contributed by atoms with van der Waals surface area (Å²) in [6.45, 7) is 0.837. The molecular weight excluding hydrogens is 231 g/mol. The minimum Gasteiger partial charge on any atom is -0.384 e. The van der Waals surface area contributed by atoms with Gasteiger partial charge >= 0.3 is 0 Å². The van der Waals surface area contributed by atoms with Crippen molar-refractivity contribution in [3.63, 3.8) is 0 Å². The molecule has 0 amide bonds. The predicted octanol–water partition coefficient (Wildman–Crippen LogP) is 1.51. The lowest BCUT2D eigenvalue weighted by molar-refractivity contribution is 0.329. The van der Waals surface area contributed by atoms with E-state index in [1.165, 1.54) is 6.07 Å². The molecule has 0 saturated carbocycles. The first-order valence-electron chi connectivity index (χ1n) is 5.61. The molecule has 0 spiro atoms. The first-order valence-corrected chi connectivity index (χ1v) is 5.61. The highest BCUT2D eigenvalue weighted by molar-refractivity contribution is 5.37. The van der Waals surface area contributed by atoms with E-state index in [0.717, 1.165) is 0 Å². The van der Waals surface area contributed by atoms with Crippen molar-refractivity contribution in [3.8, 4) is 17.9 Å². The number of hydrogen-bond donors (Lipinski definition) is 1. The van der Waals surface area contributed by atoms with Gasteiger partial charge in [-0.25, -0.2) is 4.39 Å². The summed E-state index contributed by atoms with van der Waals surface area (Å²) in [7, 11) is 1.84. The number of aliphatic hydroxyl groups is 1. The second kappa shape index (κ2) is 7.45. The van der Waals surface area contributed by atoms with Gasteiger partial charge in [0.15, 0.2) is 0 Å². The third-order valence-corrected chi connectivity index (χ3v) is 2.41. The van der Waals surface area contributed by atoms with Gasteiger partial charge in [0.2, 0.25) is 0 Å². The lowest BCUT2D eigenvalue weighted by atomic mass is 10.1. The van der Waals surface area contributed by atoms with Crippen molar-refractivity contribution in [2.75, 3.05) is 20.2 Å². The Morgan fingerprint density at radius 2 is 2.22 bits per heavy atom. The molecule has 3 nitrogen and oxygen atoms in total. The Labute approximate surface area is 106 Å². The van der Waals surface area contributed by atoms with E-state index in [1.807, 2.05) is 11.9 Å². The van der Waals surface area contributed by atoms with Crippen LogP contribution in [0, 0.1) is 29.0 Å². The minimum atomic E-state index is -0.316. The molecule has 1 aromatic carbocycles. The molecule has 0 aliphatic rings. The fourth-order valence-electron chi connectivity index (χ4n) is 1.51. The van der Waals surface area contributed by atoms with Gasteiger partial charge in [-0.1, -0.05) is 17.9 Å². The highest BCUT2D eigenvalue weighted by Gasteiger charge is 2.06. The lowest BCUT2D eigenvalue weighted by Crippen LogP contribution is -2.19. The highest BCUT2D eigenvalue weighted by Crippen LogP contribution is 2.12. The van der Waals surface area contributed by atoms with Gasteiger partial charge in [0.05, 0.1) is 6.07 Å². The van der Waals surface area contributed by atoms with Crippen molar-refractivity contribution in [3.05, 3.63) is 35.1 Å². The second-order valence-corrected chi connectivity index (χ2v) is 3.91. The average molecular weight is 246 g/mol. The Balaban J connectivity index is 2.71. The first kappa shape index (κ1) is 14.2. The molecule has 0 saturated heterocycles. The zero-order valence-electron chi connectivity index (χ0n) is 10.3. The summed E-state index contributed by atoms with van der Waals surface area (Å²) >= 11 is 0. The molecule has 1 aromatic rings. The van der Waals surface area contributed by atoms with Crippen LogP contribution >= 0.6 is 0 Å². The number of nitrogens with zero attached hydrogens (tertiary/aromatic N) is 2. The van der Waals surface area contributed by atoms with Crippen LogP contribution in [0.3, 0.4) is 0 Å². The van der Waals surface area contributed by atoms with Crippen molar-refractivity contribution in [1.82, 2.24) is 4.90 Å². The molecule has 0 heterocycles. The molecule has 4 heteroatoms. The fourth-order valence-corrected chi connectivity index (χ4v) is 1.51. The van der Waals surface area contributed by atoms with Crippen LogP contribution in [0.5, 0.6) is 0 Å². The van der Waals surface area contributed by atoms with Crippen LogP contribution in [0.25, 0.3) is 0 Å². The zero-order chi connectivity index (χ0) is 13.4. The summed E-state index contributed by atoms with van der Waals surface area (Å²) in [5.74, 6) is 4.81. The van der Waals surface area contributed by atoms with Crippen molar-refractivity contribution < 1.29 is 9.50 Å². The van der Waals surface area contributed by atoms with Gasteiger partial charge in [-0.3, -0.25) is 0 Å². The van der Waals surface area contributed by atoms with Gasteiger partial charge < -0.3 is 10.0 Å². The molecule has 0 fully saturated rings. The molecule has 1 rings (SSSR count). The number of benzene rings is 1. The molecule has 0 unspecified atom stereocenters. The summed E-state index contributed by atoms with van der Waals surface area (Å²) in [6.07, 6.45) is 0.429. The summed E-state index contributed by atoms with van der Waals surface area (Å²) in [4.78, 5) is 1.89. The summed E-state index contributed by atoms with van der Waals surface area (Å²) in [6, 6.07) is 6.81. The topological polar surface area (TPSA) is 47.3 Å². The van der Waals surface area contributed by atoms with Crippen LogP contribution in [0.4, 0.5) is 4.39 Å². The maximum absolute atomic E-state index is 13.7. The van der Waals surface area contributed by atoms with E-state index < -0.39 is 0 Å². The number of nitriles is 1. The molecule has 94 valence electrons. The van der Waals surface area contributed by atoms with E-state index in [4.69, 9.17) is 10.4 Å². The van der Waals surface area contributed by atoms with Gasteiger partial charge in [-0.05, 0) is 19.2 Å². The number of hydrogen-bond acceptors (Lipinski definition) is 3. The monoisotopic (exact) mass is 246 g/mol. The number of rotatable bonds is 4. The maximum atomic E-state index is 13.7. The molecule has 1 N–H and O–H groups in total. The van der Waals surface area contributed by atoms with E-state index in [9.17, 15) is 4.39 Å². The Morgan fingerprint density at radius 1 is 1.44 bits per heavy atom. The van der Waals surface area contributed by atoms with Gasteiger partial charge in [-0.15, -0.1) is 0 Å². The smallest absolute Gasteiger partial charge is 0.128 e. The normalized spacial score (nSPS) is 9.72. The Morgan fingerprint density at radius 3 is 2.83 bits per heavy atom. The molecular formula is C14H15FN2O. The van der Waals surface area contributed by atoms with Crippen molar-refractivity contribution in [1.29, 1.82) is 5.26 Å². The van der Waals surface area contributed by atoms with Gasteiger partial charge in [-0.2, -0.15) is 5.26 Å². The second-order valence-electron chi connectivity index (χ2n) is 3.91. The number of aliphatic hydroxyl groups excluding tert-OH is 1.